The Hall–Kier alpha value is -2.14. The van der Waals surface area contributed by atoms with Crippen molar-refractivity contribution in [3.05, 3.63) is 12.2 Å². The zero-order chi connectivity index (χ0) is 20.4. The van der Waals surface area contributed by atoms with Crippen molar-refractivity contribution in [1.29, 1.82) is 0 Å². The third kappa shape index (κ3) is 6.30. The van der Waals surface area contributed by atoms with Crippen LogP contribution in [0.5, 0.6) is 0 Å². The minimum absolute atomic E-state index is 0.167. The first-order valence-electron chi connectivity index (χ1n) is 8.28. The van der Waals surface area contributed by atoms with Crippen molar-refractivity contribution < 1.29 is 29.4 Å². The minimum atomic E-state index is -2.22. The Balaban J connectivity index is 5.27. The van der Waals surface area contributed by atoms with Crippen LogP contribution in [0.15, 0.2) is 12.2 Å². The van der Waals surface area contributed by atoms with Gasteiger partial charge in [-0.05, 0) is 63.8 Å². The van der Waals surface area contributed by atoms with Crippen LogP contribution in [-0.4, -0.2) is 57.9 Å². The molecule has 0 aliphatic heterocycles. The predicted octanol–water partition coefficient (Wildman–Crippen LogP) is -1.50. The summed E-state index contributed by atoms with van der Waals surface area (Å²) in [5, 5.41) is 18.5. The van der Waals surface area contributed by atoms with E-state index in [9.17, 15) is 29.4 Å². The van der Waals surface area contributed by atoms with E-state index in [1.165, 1.54) is 0 Å². The highest BCUT2D eigenvalue weighted by molar-refractivity contribution is 6.18. The number of hydrogen-bond donors (Lipinski definition) is 6. The molecule has 10 heteroatoms. The van der Waals surface area contributed by atoms with Gasteiger partial charge in [0.2, 0.25) is 0 Å². The SMILES string of the molecule is NCCCC[C@](N)(C(=O)O)C(=O)/C=C/C(=O)[C@](N)(CCCCN)C(=O)O. The zero-order valence-electron chi connectivity index (χ0n) is 14.6. The Morgan fingerprint density at radius 1 is 0.692 bits per heavy atom. The molecule has 0 aliphatic carbocycles. The van der Waals surface area contributed by atoms with Gasteiger partial charge in [0.05, 0.1) is 0 Å². The molecule has 0 aliphatic rings. The van der Waals surface area contributed by atoms with Gasteiger partial charge in [-0.1, -0.05) is 0 Å². The summed E-state index contributed by atoms with van der Waals surface area (Å²) in [4.78, 5) is 47.1. The number of nitrogens with two attached hydrogens (primary N) is 4. The standard InChI is InChI=1S/C16H28N4O6/c17-9-3-1-7-15(19,13(23)24)11(21)5-6-12(22)16(20,14(25)26)8-2-4-10-18/h5-6H,1-4,7-10,17-20H2,(H,23,24)(H,25,26)/b6-5+/t15-,16-/m1/s1. The lowest BCUT2D eigenvalue weighted by atomic mass is 9.86. The summed E-state index contributed by atoms with van der Waals surface area (Å²) in [5.41, 5.74) is 17.5. The van der Waals surface area contributed by atoms with Crippen molar-refractivity contribution in [2.24, 2.45) is 22.9 Å². The molecule has 0 saturated carbocycles. The van der Waals surface area contributed by atoms with E-state index in [1.54, 1.807) is 0 Å². The number of aliphatic carboxylic acids is 2. The smallest absolute Gasteiger partial charge is 0.331 e. The summed E-state index contributed by atoms with van der Waals surface area (Å²) in [6, 6.07) is 0. The predicted molar refractivity (Wildman–Crippen MR) is 94.1 cm³/mol. The first-order valence-corrected chi connectivity index (χ1v) is 8.28. The second-order valence-corrected chi connectivity index (χ2v) is 6.11. The van der Waals surface area contributed by atoms with Crippen molar-refractivity contribution in [2.45, 2.75) is 49.6 Å². The largest absolute Gasteiger partial charge is 0.480 e. The van der Waals surface area contributed by atoms with Crippen LogP contribution in [0.25, 0.3) is 0 Å². The molecule has 148 valence electrons. The summed E-state index contributed by atoms with van der Waals surface area (Å²) >= 11 is 0. The summed E-state index contributed by atoms with van der Waals surface area (Å²) in [6.07, 6.45) is 2.59. The molecule has 0 rings (SSSR count). The lowest BCUT2D eigenvalue weighted by Gasteiger charge is -2.23. The molecular weight excluding hydrogens is 344 g/mol. The summed E-state index contributed by atoms with van der Waals surface area (Å²) in [5.74, 6) is -5.14. The monoisotopic (exact) mass is 372 g/mol. The average Bonchev–Trinajstić information content (AvgIpc) is 2.58. The van der Waals surface area contributed by atoms with E-state index >= 15 is 0 Å². The highest BCUT2D eigenvalue weighted by atomic mass is 16.4. The fourth-order valence-electron chi connectivity index (χ4n) is 2.22. The van der Waals surface area contributed by atoms with Gasteiger partial charge in [0, 0.05) is 0 Å². The van der Waals surface area contributed by atoms with E-state index in [0.717, 1.165) is 0 Å². The van der Waals surface area contributed by atoms with E-state index in [0.29, 0.717) is 50.9 Å². The first kappa shape index (κ1) is 23.9. The van der Waals surface area contributed by atoms with Crippen molar-refractivity contribution in [3.63, 3.8) is 0 Å². The van der Waals surface area contributed by atoms with Gasteiger partial charge in [0.15, 0.2) is 22.6 Å². The molecule has 0 unspecified atom stereocenters. The van der Waals surface area contributed by atoms with Gasteiger partial charge in [0.1, 0.15) is 0 Å². The Labute approximate surface area is 151 Å². The molecule has 0 spiro atoms. The second-order valence-electron chi connectivity index (χ2n) is 6.11. The summed E-state index contributed by atoms with van der Waals surface area (Å²) in [6.45, 7) is 0.630. The number of carbonyl (C=O) groups is 4. The number of rotatable bonds is 14. The number of ketones is 2. The Morgan fingerprint density at radius 2 is 1.00 bits per heavy atom. The number of carboxylic acid groups (broad SMARTS) is 2. The van der Waals surface area contributed by atoms with Crippen molar-refractivity contribution in [1.82, 2.24) is 0 Å². The Kier molecular flexibility index (Phi) is 9.88. The van der Waals surface area contributed by atoms with Crippen LogP contribution in [0.2, 0.25) is 0 Å². The summed E-state index contributed by atoms with van der Waals surface area (Å²) < 4.78 is 0. The topological polar surface area (TPSA) is 213 Å². The van der Waals surface area contributed by atoms with Crippen LogP contribution in [0.4, 0.5) is 0 Å². The second kappa shape index (κ2) is 10.8. The van der Waals surface area contributed by atoms with Crippen molar-refractivity contribution >= 4 is 23.5 Å². The summed E-state index contributed by atoms with van der Waals surface area (Å²) in [7, 11) is 0. The Bertz CT molecular complexity index is 517. The van der Waals surface area contributed by atoms with Gasteiger partial charge in [-0.3, -0.25) is 9.59 Å². The normalized spacial score (nSPS) is 16.0. The maximum Gasteiger partial charge on any atom is 0.331 e. The van der Waals surface area contributed by atoms with E-state index in [4.69, 9.17) is 22.9 Å². The van der Waals surface area contributed by atoms with Gasteiger partial charge in [-0.2, -0.15) is 0 Å². The third-order valence-corrected chi connectivity index (χ3v) is 4.08. The van der Waals surface area contributed by atoms with Gasteiger partial charge in [-0.25, -0.2) is 9.59 Å². The molecule has 26 heavy (non-hydrogen) atoms. The van der Waals surface area contributed by atoms with E-state index < -0.39 is 34.6 Å². The lowest BCUT2D eigenvalue weighted by Crippen LogP contribution is -2.55. The van der Waals surface area contributed by atoms with Crippen molar-refractivity contribution in [2.75, 3.05) is 13.1 Å². The molecule has 0 radical (unpaired) electrons. The third-order valence-electron chi connectivity index (χ3n) is 4.08. The molecule has 0 heterocycles. The molecule has 0 aromatic carbocycles. The number of unbranched alkanes of at least 4 members (excludes halogenated alkanes) is 2. The van der Waals surface area contributed by atoms with Crippen LogP contribution in [0.1, 0.15) is 38.5 Å². The van der Waals surface area contributed by atoms with E-state index in [2.05, 4.69) is 0 Å². The maximum absolute atomic E-state index is 12.2. The molecule has 0 saturated heterocycles. The Morgan fingerprint density at radius 3 is 1.23 bits per heavy atom. The molecule has 0 bridgehead atoms. The molecule has 10 N–H and O–H groups in total. The van der Waals surface area contributed by atoms with Gasteiger partial charge in [0.25, 0.3) is 0 Å². The highest BCUT2D eigenvalue weighted by Crippen LogP contribution is 2.17. The van der Waals surface area contributed by atoms with Crippen LogP contribution >= 0.6 is 0 Å². The fourth-order valence-corrected chi connectivity index (χ4v) is 2.22. The van der Waals surface area contributed by atoms with Crippen LogP contribution < -0.4 is 22.9 Å². The molecule has 10 nitrogen and oxygen atoms in total. The van der Waals surface area contributed by atoms with Gasteiger partial charge in [-0.15, -0.1) is 0 Å². The van der Waals surface area contributed by atoms with Crippen molar-refractivity contribution in [3.8, 4) is 0 Å². The van der Waals surface area contributed by atoms with Gasteiger partial charge < -0.3 is 33.1 Å². The molecule has 0 fully saturated rings. The maximum atomic E-state index is 12.2. The molecule has 0 aromatic heterocycles. The molecular formula is C16H28N4O6. The molecule has 2 atom stereocenters. The molecule has 0 aromatic rings. The van der Waals surface area contributed by atoms with Crippen LogP contribution in [-0.2, 0) is 19.2 Å². The van der Waals surface area contributed by atoms with Gasteiger partial charge >= 0.3 is 11.9 Å². The molecule has 0 amide bonds. The zero-order valence-corrected chi connectivity index (χ0v) is 14.6. The first-order chi connectivity index (χ1) is 12.1. The highest BCUT2D eigenvalue weighted by Gasteiger charge is 2.42. The van der Waals surface area contributed by atoms with Crippen LogP contribution in [0, 0.1) is 0 Å². The number of carboxylic acids is 2. The van der Waals surface area contributed by atoms with Crippen LogP contribution in [0.3, 0.4) is 0 Å². The van der Waals surface area contributed by atoms with E-state index in [1.807, 2.05) is 0 Å². The van der Waals surface area contributed by atoms with E-state index in [-0.39, 0.29) is 12.8 Å². The number of hydrogen-bond acceptors (Lipinski definition) is 8. The lowest BCUT2D eigenvalue weighted by molar-refractivity contribution is -0.149. The quantitative estimate of drug-likeness (QED) is 0.118. The average molecular weight is 372 g/mol. The minimum Gasteiger partial charge on any atom is -0.480 e. The number of carbonyl (C=O) groups excluding carboxylic acids is 2. The fraction of sp³-hybridized carbons (Fsp3) is 0.625.